The van der Waals surface area contributed by atoms with E-state index in [1.807, 2.05) is 19.1 Å². The zero-order valence-electron chi connectivity index (χ0n) is 15.7. The summed E-state index contributed by atoms with van der Waals surface area (Å²) >= 11 is 8.28. The van der Waals surface area contributed by atoms with Crippen molar-refractivity contribution in [2.24, 2.45) is 7.05 Å². The standard InChI is InChI=1S/C17H25ClIN3O3S/c1-12-8-15(14(19)9-13(12)18)25-10-16-20-22(17(23)21(16)2)11-24-6-7-26(3,4)5/h8-9H,6-7,10-11H2,1-5H3. The van der Waals surface area contributed by atoms with Gasteiger partial charge in [-0.3, -0.25) is 4.57 Å². The molecular weight excluding hydrogens is 489 g/mol. The third-order valence-corrected chi connectivity index (χ3v) is 6.40. The van der Waals surface area contributed by atoms with Gasteiger partial charge >= 0.3 is 5.69 Å². The molecule has 0 unspecified atom stereocenters. The Hall–Kier alpha value is -0.710. The molecule has 26 heavy (non-hydrogen) atoms. The predicted octanol–water partition coefficient (Wildman–Crippen LogP) is 3.40. The molecule has 1 aromatic heterocycles. The highest BCUT2D eigenvalue weighted by Crippen LogP contribution is 2.33. The highest BCUT2D eigenvalue weighted by Gasteiger charge is 2.13. The quantitative estimate of drug-likeness (QED) is 0.401. The van der Waals surface area contributed by atoms with Crippen molar-refractivity contribution in [3.8, 4) is 5.75 Å². The maximum Gasteiger partial charge on any atom is 0.347 e. The lowest BCUT2D eigenvalue weighted by Crippen LogP contribution is -2.25. The van der Waals surface area contributed by atoms with E-state index in [1.54, 1.807) is 7.05 Å². The Labute approximate surface area is 174 Å². The Balaban J connectivity index is 2.01. The van der Waals surface area contributed by atoms with Gasteiger partial charge in [-0.15, -0.1) is 5.10 Å². The van der Waals surface area contributed by atoms with Gasteiger partial charge < -0.3 is 9.47 Å². The van der Waals surface area contributed by atoms with Gasteiger partial charge in [-0.25, -0.2) is 14.8 Å². The van der Waals surface area contributed by atoms with Crippen LogP contribution in [0.3, 0.4) is 0 Å². The fourth-order valence-corrected chi connectivity index (χ4v) is 3.67. The average Bonchev–Trinajstić information content (AvgIpc) is 2.81. The molecule has 6 nitrogen and oxygen atoms in total. The van der Waals surface area contributed by atoms with Gasteiger partial charge in [-0.1, -0.05) is 11.6 Å². The summed E-state index contributed by atoms with van der Waals surface area (Å²) < 4.78 is 15.2. The maximum atomic E-state index is 12.3. The predicted molar refractivity (Wildman–Crippen MR) is 117 cm³/mol. The number of aromatic nitrogens is 3. The summed E-state index contributed by atoms with van der Waals surface area (Å²) in [5.41, 5.74) is 0.726. The first-order valence-corrected chi connectivity index (χ1v) is 12.5. The minimum absolute atomic E-state index is 0.153. The van der Waals surface area contributed by atoms with Crippen LogP contribution < -0.4 is 10.4 Å². The molecule has 0 N–H and O–H groups in total. The van der Waals surface area contributed by atoms with Crippen molar-refractivity contribution in [1.82, 2.24) is 14.3 Å². The SMILES string of the molecule is Cc1cc(OCc2nn(COCCS(C)(C)C)c(=O)n2C)c(I)cc1Cl. The molecule has 0 aliphatic heterocycles. The molecular formula is C17H25ClIN3O3S. The maximum absolute atomic E-state index is 12.3. The van der Waals surface area contributed by atoms with E-state index in [-0.39, 0.29) is 19.0 Å². The molecule has 2 aromatic rings. The summed E-state index contributed by atoms with van der Waals surface area (Å²) in [4.78, 5) is 12.3. The zero-order valence-corrected chi connectivity index (χ0v) is 19.4. The Morgan fingerprint density at radius 1 is 1.31 bits per heavy atom. The molecule has 0 spiro atoms. The number of aryl methyl sites for hydroxylation is 1. The fraction of sp³-hybridized carbons (Fsp3) is 0.529. The Kier molecular flexibility index (Phi) is 7.46. The number of rotatable bonds is 8. The third kappa shape index (κ3) is 5.90. The first-order chi connectivity index (χ1) is 12.1. The number of hydrogen-bond acceptors (Lipinski definition) is 4. The lowest BCUT2D eigenvalue weighted by Gasteiger charge is -2.24. The van der Waals surface area contributed by atoms with Gasteiger partial charge in [0.1, 0.15) is 19.1 Å². The summed E-state index contributed by atoms with van der Waals surface area (Å²) in [6.45, 7) is 2.89. The van der Waals surface area contributed by atoms with Gasteiger partial charge in [-0.2, -0.15) is 4.68 Å². The van der Waals surface area contributed by atoms with Crippen molar-refractivity contribution in [3.63, 3.8) is 0 Å². The van der Waals surface area contributed by atoms with Crippen LogP contribution in [0.4, 0.5) is 0 Å². The van der Waals surface area contributed by atoms with Gasteiger partial charge in [0.2, 0.25) is 0 Å². The summed E-state index contributed by atoms with van der Waals surface area (Å²) in [5, 5.41) is 5.02. The van der Waals surface area contributed by atoms with Gasteiger partial charge in [0, 0.05) is 17.8 Å². The van der Waals surface area contributed by atoms with Crippen molar-refractivity contribution in [2.75, 3.05) is 31.1 Å². The number of nitrogens with zero attached hydrogens (tertiary/aromatic N) is 3. The number of hydrogen-bond donors (Lipinski definition) is 0. The van der Waals surface area contributed by atoms with Crippen LogP contribution in [0.2, 0.25) is 5.02 Å². The van der Waals surface area contributed by atoms with Crippen LogP contribution in [0, 0.1) is 10.5 Å². The van der Waals surface area contributed by atoms with Crippen molar-refractivity contribution in [3.05, 3.63) is 42.6 Å². The fourth-order valence-electron chi connectivity index (χ4n) is 2.09. The minimum atomic E-state index is -0.610. The Morgan fingerprint density at radius 3 is 2.65 bits per heavy atom. The average molecular weight is 514 g/mol. The second-order valence-electron chi connectivity index (χ2n) is 6.91. The van der Waals surface area contributed by atoms with Crippen LogP contribution >= 0.6 is 44.2 Å². The van der Waals surface area contributed by atoms with Crippen molar-refractivity contribution in [1.29, 1.82) is 0 Å². The van der Waals surface area contributed by atoms with Crippen LogP contribution in [-0.2, 0) is 25.1 Å². The molecule has 0 saturated heterocycles. The molecule has 1 heterocycles. The monoisotopic (exact) mass is 513 g/mol. The molecule has 0 fully saturated rings. The third-order valence-electron chi connectivity index (χ3n) is 3.75. The molecule has 146 valence electrons. The number of halogens is 2. The van der Waals surface area contributed by atoms with E-state index in [9.17, 15) is 4.79 Å². The van der Waals surface area contributed by atoms with Crippen LogP contribution in [0.1, 0.15) is 11.4 Å². The lowest BCUT2D eigenvalue weighted by molar-refractivity contribution is 0.0775. The number of benzene rings is 1. The van der Waals surface area contributed by atoms with Crippen LogP contribution in [0.15, 0.2) is 16.9 Å². The van der Waals surface area contributed by atoms with E-state index in [4.69, 9.17) is 21.1 Å². The Bertz CT molecular complexity index is 830. The first-order valence-electron chi connectivity index (χ1n) is 8.03. The summed E-state index contributed by atoms with van der Waals surface area (Å²) in [6, 6.07) is 3.74. The summed E-state index contributed by atoms with van der Waals surface area (Å²) in [7, 11) is 1.07. The van der Waals surface area contributed by atoms with Gasteiger partial charge in [0.25, 0.3) is 0 Å². The molecule has 0 atom stereocenters. The van der Waals surface area contributed by atoms with E-state index in [0.29, 0.717) is 17.5 Å². The van der Waals surface area contributed by atoms with Crippen LogP contribution in [-0.4, -0.2) is 45.5 Å². The van der Waals surface area contributed by atoms with E-state index in [0.717, 1.165) is 20.6 Å². The van der Waals surface area contributed by atoms with Crippen molar-refractivity contribution < 1.29 is 9.47 Å². The smallest absolute Gasteiger partial charge is 0.347 e. The minimum Gasteiger partial charge on any atom is -0.484 e. The van der Waals surface area contributed by atoms with Crippen molar-refractivity contribution in [2.45, 2.75) is 20.3 Å². The molecule has 0 saturated carbocycles. The largest absolute Gasteiger partial charge is 0.484 e. The lowest BCUT2D eigenvalue weighted by atomic mass is 10.2. The first kappa shape index (κ1) is 21.6. The molecule has 1 aromatic carbocycles. The van der Waals surface area contributed by atoms with Crippen molar-refractivity contribution >= 4 is 44.2 Å². The van der Waals surface area contributed by atoms with E-state index in [1.165, 1.54) is 9.25 Å². The number of ether oxygens (including phenoxy) is 2. The normalized spacial score (nSPS) is 12.4. The van der Waals surface area contributed by atoms with E-state index < -0.39 is 10.0 Å². The van der Waals surface area contributed by atoms with Gasteiger partial charge in [-0.05, 0) is 66.0 Å². The van der Waals surface area contributed by atoms with E-state index >= 15 is 0 Å². The topological polar surface area (TPSA) is 58.3 Å². The molecule has 9 heteroatoms. The molecule has 0 amide bonds. The Morgan fingerprint density at radius 2 is 2.00 bits per heavy atom. The highest BCUT2D eigenvalue weighted by molar-refractivity contribution is 14.1. The summed E-state index contributed by atoms with van der Waals surface area (Å²) in [5.74, 6) is 2.26. The van der Waals surface area contributed by atoms with Crippen LogP contribution in [0.5, 0.6) is 5.75 Å². The molecule has 0 radical (unpaired) electrons. The molecule has 2 rings (SSSR count). The zero-order chi connectivity index (χ0) is 19.5. The molecule has 0 aliphatic carbocycles. The second-order valence-corrected chi connectivity index (χ2v) is 13.1. The second kappa shape index (κ2) is 8.99. The molecule has 0 aliphatic rings. The van der Waals surface area contributed by atoms with Gasteiger partial charge in [0.05, 0.1) is 10.2 Å². The van der Waals surface area contributed by atoms with Gasteiger partial charge in [0.15, 0.2) is 5.82 Å². The van der Waals surface area contributed by atoms with E-state index in [2.05, 4.69) is 46.5 Å². The molecule has 0 bridgehead atoms. The summed E-state index contributed by atoms with van der Waals surface area (Å²) in [6.07, 6.45) is 6.70. The van der Waals surface area contributed by atoms with Crippen LogP contribution in [0.25, 0.3) is 0 Å². The highest BCUT2D eigenvalue weighted by atomic mass is 127.